The van der Waals surface area contributed by atoms with E-state index in [1.807, 2.05) is 33.2 Å². The normalized spacial score (nSPS) is 14.1. The SMILES string of the molecule is C/C(Nc1cccc(CN(C)C)c1)=C1/C(=O)Nc2cc(C(N)=O)ccc21.O=C(O)C(F)(F)F. The molecule has 11 heteroatoms. The van der Waals surface area contributed by atoms with Crippen molar-refractivity contribution in [3.05, 3.63) is 64.9 Å². The molecule has 0 bridgehead atoms. The molecule has 0 unspecified atom stereocenters. The maximum absolute atomic E-state index is 12.4. The molecule has 33 heavy (non-hydrogen) atoms. The average Bonchev–Trinajstić information content (AvgIpc) is 3.02. The minimum atomic E-state index is -5.08. The highest BCUT2D eigenvalue weighted by molar-refractivity contribution is 6.32. The van der Waals surface area contributed by atoms with E-state index >= 15 is 0 Å². The number of nitrogens with zero attached hydrogens (tertiary/aromatic N) is 1. The monoisotopic (exact) mass is 464 g/mol. The molecule has 8 nitrogen and oxygen atoms in total. The van der Waals surface area contributed by atoms with Gasteiger partial charge in [-0.3, -0.25) is 9.59 Å². The van der Waals surface area contributed by atoms with Crippen LogP contribution in [0.15, 0.2) is 48.2 Å². The molecule has 0 spiro atoms. The first-order chi connectivity index (χ1) is 15.3. The Bertz CT molecular complexity index is 1110. The van der Waals surface area contributed by atoms with Crippen LogP contribution in [-0.2, 0) is 16.1 Å². The summed E-state index contributed by atoms with van der Waals surface area (Å²) >= 11 is 0. The number of benzene rings is 2. The highest BCUT2D eigenvalue weighted by Gasteiger charge is 2.38. The first-order valence-corrected chi connectivity index (χ1v) is 9.57. The van der Waals surface area contributed by atoms with Gasteiger partial charge in [0, 0.05) is 34.7 Å². The number of primary amides is 1. The van der Waals surface area contributed by atoms with Gasteiger partial charge in [0.05, 0.1) is 5.57 Å². The highest BCUT2D eigenvalue weighted by atomic mass is 19.4. The molecule has 0 atom stereocenters. The molecule has 0 fully saturated rings. The van der Waals surface area contributed by atoms with Crippen LogP contribution in [0.2, 0.25) is 0 Å². The van der Waals surface area contributed by atoms with Crippen LogP contribution in [0.1, 0.15) is 28.4 Å². The van der Waals surface area contributed by atoms with E-state index in [1.165, 1.54) is 5.56 Å². The van der Waals surface area contributed by atoms with Crippen LogP contribution < -0.4 is 16.4 Å². The van der Waals surface area contributed by atoms with Crippen molar-refractivity contribution in [3.63, 3.8) is 0 Å². The average molecular weight is 464 g/mol. The summed E-state index contributed by atoms with van der Waals surface area (Å²) in [6, 6.07) is 13.1. The smallest absolute Gasteiger partial charge is 0.475 e. The number of nitrogens with one attached hydrogen (secondary N) is 2. The number of anilines is 2. The number of fused-ring (bicyclic) bond motifs is 1. The van der Waals surface area contributed by atoms with Crippen LogP contribution in [0.4, 0.5) is 24.5 Å². The Kier molecular flexibility index (Phi) is 7.83. The summed E-state index contributed by atoms with van der Waals surface area (Å²) in [4.78, 5) is 34.7. The van der Waals surface area contributed by atoms with Gasteiger partial charge in [0.15, 0.2) is 0 Å². The lowest BCUT2D eigenvalue weighted by Gasteiger charge is -2.13. The molecule has 0 aromatic heterocycles. The Morgan fingerprint density at radius 2 is 1.79 bits per heavy atom. The number of halogens is 3. The third-order valence-electron chi connectivity index (χ3n) is 4.42. The molecule has 1 aliphatic rings. The van der Waals surface area contributed by atoms with E-state index < -0.39 is 18.1 Å². The number of rotatable bonds is 5. The lowest BCUT2D eigenvalue weighted by molar-refractivity contribution is -0.192. The molecule has 1 aliphatic heterocycles. The van der Waals surface area contributed by atoms with E-state index in [2.05, 4.69) is 27.7 Å². The van der Waals surface area contributed by atoms with Gasteiger partial charge < -0.3 is 26.4 Å². The minimum absolute atomic E-state index is 0.198. The summed E-state index contributed by atoms with van der Waals surface area (Å²) in [5.74, 6) is -3.48. The molecule has 1 heterocycles. The topological polar surface area (TPSA) is 125 Å². The zero-order valence-corrected chi connectivity index (χ0v) is 18.1. The molecular weight excluding hydrogens is 441 g/mol. The summed E-state index contributed by atoms with van der Waals surface area (Å²) in [6.07, 6.45) is -5.08. The fourth-order valence-electron chi connectivity index (χ4n) is 3.09. The predicted molar refractivity (Wildman–Crippen MR) is 117 cm³/mol. The first kappa shape index (κ1) is 25.4. The summed E-state index contributed by atoms with van der Waals surface area (Å²) in [5, 5.41) is 13.2. The molecule has 2 amide bonds. The molecule has 0 aliphatic carbocycles. The van der Waals surface area contributed by atoms with Gasteiger partial charge in [-0.05, 0) is 50.8 Å². The Morgan fingerprint density at radius 1 is 1.15 bits per heavy atom. The predicted octanol–water partition coefficient (Wildman–Crippen LogP) is 3.28. The molecule has 5 N–H and O–H groups in total. The van der Waals surface area contributed by atoms with Crippen molar-refractivity contribution in [1.29, 1.82) is 0 Å². The molecule has 0 saturated carbocycles. The molecule has 0 saturated heterocycles. The second kappa shape index (κ2) is 10.2. The number of carboxylic acid groups (broad SMARTS) is 1. The van der Waals surface area contributed by atoms with E-state index in [0.717, 1.165) is 23.5 Å². The van der Waals surface area contributed by atoms with E-state index in [0.29, 0.717) is 16.8 Å². The van der Waals surface area contributed by atoms with Gasteiger partial charge in [-0.2, -0.15) is 13.2 Å². The molecule has 2 aromatic rings. The van der Waals surface area contributed by atoms with Gasteiger partial charge >= 0.3 is 12.1 Å². The largest absolute Gasteiger partial charge is 0.490 e. The van der Waals surface area contributed by atoms with Crippen LogP contribution in [0, 0.1) is 0 Å². The van der Waals surface area contributed by atoms with Crippen LogP contribution in [0.5, 0.6) is 0 Å². The van der Waals surface area contributed by atoms with E-state index in [-0.39, 0.29) is 5.91 Å². The van der Waals surface area contributed by atoms with Crippen molar-refractivity contribution in [2.75, 3.05) is 24.7 Å². The maximum atomic E-state index is 12.4. The minimum Gasteiger partial charge on any atom is -0.475 e. The first-order valence-electron chi connectivity index (χ1n) is 9.57. The number of hydrogen-bond donors (Lipinski definition) is 4. The Labute approximate surface area is 187 Å². The van der Waals surface area contributed by atoms with Crippen molar-refractivity contribution < 1.29 is 32.7 Å². The third-order valence-corrected chi connectivity index (χ3v) is 4.42. The summed E-state index contributed by atoms with van der Waals surface area (Å²) < 4.78 is 31.7. The van der Waals surface area contributed by atoms with E-state index in [9.17, 15) is 22.8 Å². The molecular formula is C22H23F3N4O4. The van der Waals surface area contributed by atoms with Crippen LogP contribution >= 0.6 is 0 Å². The number of carboxylic acids is 1. The van der Waals surface area contributed by atoms with Crippen molar-refractivity contribution in [2.24, 2.45) is 5.73 Å². The van der Waals surface area contributed by atoms with Crippen LogP contribution in [0.3, 0.4) is 0 Å². The summed E-state index contributed by atoms with van der Waals surface area (Å²) in [5.41, 5.74) is 10.4. The quantitative estimate of drug-likeness (QED) is 0.504. The van der Waals surface area contributed by atoms with Crippen molar-refractivity contribution in [2.45, 2.75) is 19.6 Å². The van der Waals surface area contributed by atoms with Crippen molar-refractivity contribution in [3.8, 4) is 0 Å². The Hall–Kier alpha value is -3.86. The second-order valence-electron chi connectivity index (χ2n) is 7.44. The zero-order chi connectivity index (χ0) is 24.9. The third kappa shape index (κ3) is 6.81. The van der Waals surface area contributed by atoms with Gasteiger partial charge in [-0.25, -0.2) is 4.79 Å². The number of hydrogen-bond acceptors (Lipinski definition) is 5. The van der Waals surface area contributed by atoms with Gasteiger partial charge in [0.1, 0.15) is 0 Å². The standard InChI is InChI=1S/C20H22N4O2.C2HF3O2/c1-12(22-15-6-4-5-13(9-15)11-24(2)3)18-16-8-7-14(19(21)25)10-17(16)23-20(18)26;3-2(4,5)1(6)7/h4-10,22H,11H2,1-3H3,(H2,21,25)(H,23,26);(H,6,7)/b18-12-;. The zero-order valence-electron chi connectivity index (χ0n) is 18.1. The van der Waals surface area contributed by atoms with Gasteiger partial charge in [0.25, 0.3) is 5.91 Å². The Balaban J connectivity index is 0.000000479. The van der Waals surface area contributed by atoms with Gasteiger partial charge in [0.2, 0.25) is 5.91 Å². The number of allylic oxidation sites excluding steroid dienone is 1. The lowest BCUT2D eigenvalue weighted by atomic mass is 10.0. The fourth-order valence-corrected chi connectivity index (χ4v) is 3.09. The summed E-state index contributed by atoms with van der Waals surface area (Å²) in [7, 11) is 4.04. The van der Waals surface area contributed by atoms with Gasteiger partial charge in [-0.1, -0.05) is 18.2 Å². The molecule has 3 rings (SSSR count). The fraction of sp³-hybridized carbons (Fsp3) is 0.227. The number of amides is 2. The highest BCUT2D eigenvalue weighted by Crippen LogP contribution is 2.34. The maximum Gasteiger partial charge on any atom is 0.490 e. The second-order valence-corrected chi connectivity index (χ2v) is 7.44. The Morgan fingerprint density at radius 3 is 2.33 bits per heavy atom. The van der Waals surface area contributed by atoms with Crippen LogP contribution in [0.25, 0.3) is 5.57 Å². The molecule has 0 radical (unpaired) electrons. The number of nitrogens with two attached hydrogens (primary N) is 1. The van der Waals surface area contributed by atoms with Crippen molar-refractivity contribution >= 4 is 34.7 Å². The molecule has 176 valence electrons. The van der Waals surface area contributed by atoms with Crippen LogP contribution in [-0.4, -0.2) is 48.1 Å². The van der Waals surface area contributed by atoms with E-state index in [1.54, 1.807) is 18.2 Å². The molecule has 2 aromatic carbocycles. The lowest BCUT2D eigenvalue weighted by Crippen LogP contribution is -2.21. The number of carbonyl (C=O) groups is 3. The number of aliphatic carboxylic acids is 1. The number of alkyl halides is 3. The van der Waals surface area contributed by atoms with Crippen molar-refractivity contribution in [1.82, 2.24) is 4.90 Å². The number of carbonyl (C=O) groups excluding carboxylic acids is 2. The van der Waals surface area contributed by atoms with Gasteiger partial charge in [-0.15, -0.1) is 0 Å². The summed E-state index contributed by atoms with van der Waals surface area (Å²) in [6.45, 7) is 2.70. The van der Waals surface area contributed by atoms with E-state index in [4.69, 9.17) is 15.6 Å².